The Balaban J connectivity index is 2.53. The highest BCUT2D eigenvalue weighted by atomic mass is 15.2. The van der Waals surface area contributed by atoms with Crippen LogP contribution in [0.5, 0.6) is 0 Å². The minimum atomic E-state index is 1.16. The van der Waals surface area contributed by atoms with Crippen molar-refractivity contribution in [3.8, 4) is 11.3 Å². The highest BCUT2D eigenvalue weighted by Crippen LogP contribution is 2.20. The van der Waals surface area contributed by atoms with E-state index >= 15 is 0 Å². The van der Waals surface area contributed by atoms with Gasteiger partial charge in [0.15, 0.2) is 0 Å². The van der Waals surface area contributed by atoms with Crippen LogP contribution >= 0.6 is 0 Å². The minimum absolute atomic E-state index is 1.16. The second-order valence-corrected chi connectivity index (χ2v) is 3.64. The summed E-state index contributed by atoms with van der Waals surface area (Å²) in [6, 6.07) is 8.52. The van der Waals surface area contributed by atoms with Crippen LogP contribution in [0.25, 0.3) is 11.3 Å². The molecule has 0 amide bonds. The summed E-state index contributed by atoms with van der Waals surface area (Å²) in [6.45, 7) is 4.26. The summed E-state index contributed by atoms with van der Waals surface area (Å²) in [7, 11) is 1.96. The molecule has 14 heavy (non-hydrogen) atoms. The topological polar surface area (TPSA) is 17.8 Å². The quantitative estimate of drug-likeness (QED) is 0.669. The van der Waals surface area contributed by atoms with Crippen molar-refractivity contribution in [3.63, 3.8) is 0 Å². The fourth-order valence-corrected chi connectivity index (χ4v) is 1.56. The Morgan fingerprint density at radius 2 is 1.86 bits per heavy atom. The van der Waals surface area contributed by atoms with Crippen molar-refractivity contribution < 1.29 is 0 Å². The Kier molecular flexibility index (Phi) is 2.12. The van der Waals surface area contributed by atoms with Crippen molar-refractivity contribution in [1.29, 1.82) is 0 Å². The van der Waals surface area contributed by atoms with Crippen LogP contribution in [-0.4, -0.2) is 9.78 Å². The van der Waals surface area contributed by atoms with Gasteiger partial charge in [-0.15, -0.1) is 0 Å². The first-order chi connectivity index (χ1) is 6.68. The van der Waals surface area contributed by atoms with Gasteiger partial charge >= 0.3 is 0 Å². The van der Waals surface area contributed by atoms with Crippen molar-refractivity contribution in [1.82, 2.24) is 9.78 Å². The van der Waals surface area contributed by atoms with Gasteiger partial charge in [-0.05, 0) is 37.1 Å². The third kappa shape index (κ3) is 1.43. The Labute approximate surface area is 84.2 Å². The molecule has 0 saturated heterocycles. The lowest BCUT2D eigenvalue weighted by molar-refractivity contribution is 0.776. The van der Waals surface area contributed by atoms with Gasteiger partial charge in [0.1, 0.15) is 0 Å². The molecule has 0 radical (unpaired) electrons. The summed E-state index contributed by atoms with van der Waals surface area (Å²) < 4.78 is 1.89. The normalized spacial score (nSPS) is 10.5. The van der Waals surface area contributed by atoms with Gasteiger partial charge in [-0.3, -0.25) is 4.68 Å². The van der Waals surface area contributed by atoms with Crippen LogP contribution in [0.4, 0.5) is 0 Å². The SMILES string of the molecule is Cc1ccc(-c2ccnn2C)cc1C. The maximum absolute atomic E-state index is 4.16. The standard InChI is InChI=1S/C12H14N2/c1-9-4-5-11(8-10(9)2)12-6-7-13-14(12)3/h4-8H,1-3H3. The zero-order valence-corrected chi connectivity index (χ0v) is 8.78. The minimum Gasteiger partial charge on any atom is -0.268 e. The van der Waals surface area contributed by atoms with Gasteiger partial charge in [-0.25, -0.2) is 0 Å². The lowest BCUT2D eigenvalue weighted by atomic mass is 10.0. The van der Waals surface area contributed by atoms with Crippen LogP contribution in [0.1, 0.15) is 11.1 Å². The second kappa shape index (κ2) is 3.29. The van der Waals surface area contributed by atoms with Crippen molar-refractivity contribution in [2.75, 3.05) is 0 Å². The van der Waals surface area contributed by atoms with E-state index in [0.717, 1.165) is 5.69 Å². The Hall–Kier alpha value is -1.57. The zero-order valence-electron chi connectivity index (χ0n) is 8.78. The molecule has 1 aromatic carbocycles. The van der Waals surface area contributed by atoms with E-state index in [-0.39, 0.29) is 0 Å². The van der Waals surface area contributed by atoms with E-state index in [1.165, 1.54) is 16.7 Å². The molecule has 0 N–H and O–H groups in total. The Morgan fingerprint density at radius 1 is 1.07 bits per heavy atom. The summed E-state index contributed by atoms with van der Waals surface area (Å²) in [4.78, 5) is 0. The number of benzene rings is 1. The van der Waals surface area contributed by atoms with Crippen LogP contribution in [0.15, 0.2) is 30.5 Å². The lowest BCUT2D eigenvalue weighted by Crippen LogP contribution is -1.93. The number of rotatable bonds is 1. The summed E-state index contributed by atoms with van der Waals surface area (Å²) in [5, 5.41) is 4.16. The van der Waals surface area contributed by atoms with Crippen molar-refractivity contribution in [2.24, 2.45) is 7.05 Å². The average Bonchev–Trinajstić information content (AvgIpc) is 2.57. The largest absolute Gasteiger partial charge is 0.268 e. The van der Waals surface area contributed by atoms with Crippen molar-refractivity contribution >= 4 is 0 Å². The van der Waals surface area contributed by atoms with Crippen LogP contribution < -0.4 is 0 Å². The average molecular weight is 186 g/mol. The van der Waals surface area contributed by atoms with Crippen molar-refractivity contribution in [3.05, 3.63) is 41.6 Å². The molecule has 0 fully saturated rings. The first-order valence-electron chi connectivity index (χ1n) is 4.74. The van der Waals surface area contributed by atoms with Crippen LogP contribution in [0.2, 0.25) is 0 Å². The maximum atomic E-state index is 4.16. The molecule has 2 heteroatoms. The van der Waals surface area contributed by atoms with Crippen LogP contribution in [-0.2, 0) is 7.05 Å². The molecule has 1 heterocycles. The van der Waals surface area contributed by atoms with E-state index in [1.807, 2.05) is 24.0 Å². The van der Waals surface area contributed by atoms with E-state index in [0.29, 0.717) is 0 Å². The number of aromatic nitrogens is 2. The summed E-state index contributed by atoms with van der Waals surface area (Å²) in [6.07, 6.45) is 1.82. The summed E-state index contributed by atoms with van der Waals surface area (Å²) in [5.41, 5.74) is 5.04. The highest BCUT2D eigenvalue weighted by Gasteiger charge is 2.02. The van der Waals surface area contributed by atoms with Gasteiger partial charge in [0, 0.05) is 18.8 Å². The van der Waals surface area contributed by atoms with Gasteiger partial charge in [-0.1, -0.05) is 12.1 Å². The third-order valence-electron chi connectivity index (χ3n) is 2.62. The first kappa shape index (κ1) is 9.00. The molecule has 1 aromatic heterocycles. The Morgan fingerprint density at radius 3 is 2.43 bits per heavy atom. The molecule has 0 bridgehead atoms. The molecule has 0 spiro atoms. The fourth-order valence-electron chi connectivity index (χ4n) is 1.56. The van der Waals surface area contributed by atoms with Gasteiger partial charge in [0.25, 0.3) is 0 Å². The maximum Gasteiger partial charge on any atom is 0.0678 e. The molecule has 2 nitrogen and oxygen atoms in total. The predicted molar refractivity (Wildman–Crippen MR) is 58.1 cm³/mol. The molecule has 0 aliphatic carbocycles. The molecule has 0 atom stereocenters. The predicted octanol–water partition coefficient (Wildman–Crippen LogP) is 2.70. The smallest absolute Gasteiger partial charge is 0.0678 e. The van der Waals surface area contributed by atoms with Crippen molar-refractivity contribution in [2.45, 2.75) is 13.8 Å². The number of hydrogen-bond donors (Lipinski definition) is 0. The van der Waals surface area contributed by atoms with E-state index in [2.05, 4.69) is 37.1 Å². The number of nitrogens with zero attached hydrogens (tertiary/aromatic N) is 2. The van der Waals surface area contributed by atoms with Crippen LogP contribution in [0.3, 0.4) is 0 Å². The third-order valence-corrected chi connectivity index (χ3v) is 2.62. The molecule has 72 valence electrons. The highest BCUT2D eigenvalue weighted by molar-refractivity contribution is 5.60. The van der Waals surface area contributed by atoms with Gasteiger partial charge in [0.05, 0.1) is 5.69 Å². The summed E-state index contributed by atoms with van der Waals surface area (Å²) in [5.74, 6) is 0. The van der Waals surface area contributed by atoms with Crippen LogP contribution in [0, 0.1) is 13.8 Å². The second-order valence-electron chi connectivity index (χ2n) is 3.64. The molecule has 2 aromatic rings. The van der Waals surface area contributed by atoms with E-state index in [9.17, 15) is 0 Å². The molecule has 0 aliphatic rings. The molecule has 0 unspecified atom stereocenters. The first-order valence-corrected chi connectivity index (χ1v) is 4.74. The van der Waals surface area contributed by atoms with Gasteiger partial charge in [-0.2, -0.15) is 5.10 Å². The summed E-state index contributed by atoms with van der Waals surface area (Å²) >= 11 is 0. The zero-order chi connectivity index (χ0) is 10.1. The van der Waals surface area contributed by atoms with Gasteiger partial charge < -0.3 is 0 Å². The molecule has 0 aliphatic heterocycles. The van der Waals surface area contributed by atoms with E-state index in [1.54, 1.807) is 0 Å². The number of aryl methyl sites for hydroxylation is 3. The molecular weight excluding hydrogens is 172 g/mol. The monoisotopic (exact) mass is 186 g/mol. The van der Waals surface area contributed by atoms with E-state index < -0.39 is 0 Å². The molecule has 0 saturated carbocycles. The van der Waals surface area contributed by atoms with E-state index in [4.69, 9.17) is 0 Å². The number of hydrogen-bond acceptors (Lipinski definition) is 1. The molecule has 2 rings (SSSR count). The fraction of sp³-hybridized carbons (Fsp3) is 0.250. The molecular formula is C12H14N2. The lowest BCUT2D eigenvalue weighted by Gasteiger charge is -2.05. The Bertz CT molecular complexity index is 455. The van der Waals surface area contributed by atoms with Gasteiger partial charge in [0.2, 0.25) is 0 Å².